The number of hydrogen-bond donors (Lipinski definition) is 0. The van der Waals surface area contributed by atoms with Gasteiger partial charge in [-0.2, -0.15) is 0 Å². The van der Waals surface area contributed by atoms with Crippen LogP contribution in [0.3, 0.4) is 0 Å². The van der Waals surface area contributed by atoms with Crippen LogP contribution >= 0.6 is 24.0 Å². The van der Waals surface area contributed by atoms with Crippen LogP contribution in [0, 0.1) is 5.82 Å². The Morgan fingerprint density at radius 2 is 1.85 bits per heavy atom. The molecular formula is C16H16Cl2FN. The molecule has 0 amide bonds. The van der Waals surface area contributed by atoms with E-state index in [-0.39, 0.29) is 18.2 Å². The van der Waals surface area contributed by atoms with E-state index in [0.29, 0.717) is 5.02 Å². The summed E-state index contributed by atoms with van der Waals surface area (Å²) in [5.41, 5.74) is 3.80. The average molecular weight is 312 g/mol. The largest absolute Gasteiger partial charge is 0.294 e. The van der Waals surface area contributed by atoms with Gasteiger partial charge in [-0.05, 0) is 35.2 Å². The van der Waals surface area contributed by atoms with Gasteiger partial charge in [-0.1, -0.05) is 41.9 Å². The summed E-state index contributed by atoms with van der Waals surface area (Å²) in [6.07, 6.45) is 1.06. The van der Waals surface area contributed by atoms with Gasteiger partial charge in [-0.3, -0.25) is 4.90 Å². The minimum atomic E-state index is -0.280. The van der Waals surface area contributed by atoms with E-state index < -0.39 is 0 Å². The molecular weight excluding hydrogens is 296 g/mol. The second kappa shape index (κ2) is 6.57. The molecule has 0 radical (unpaired) electrons. The zero-order valence-electron chi connectivity index (χ0n) is 11.0. The first-order valence-corrected chi connectivity index (χ1v) is 6.83. The van der Waals surface area contributed by atoms with E-state index in [0.717, 1.165) is 31.6 Å². The SMILES string of the molecule is Cl.Fc1ccc(CN2CCc3ccccc3C2)c(Cl)c1. The Labute approximate surface area is 129 Å². The summed E-state index contributed by atoms with van der Waals surface area (Å²) >= 11 is 6.08. The van der Waals surface area contributed by atoms with E-state index in [1.54, 1.807) is 6.07 Å². The lowest BCUT2D eigenvalue weighted by molar-refractivity contribution is 0.245. The maximum absolute atomic E-state index is 13.0. The van der Waals surface area contributed by atoms with Crippen molar-refractivity contribution in [2.45, 2.75) is 19.5 Å². The zero-order valence-corrected chi connectivity index (χ0v) is 12.6. The van der Waals surface area contributed by atoms with E-state index in [4.69, 9.17) is 11.6 Å². The molecule has 0 spiro atoms. The Balaban J connectivity index is 0.00000147. The molecule has 20 heavy (non-hydrogen) atoms. The van der Waals surface area contributed by atoms with Crippen molar-refractivity contribution in [2.75, 3.05) is 6.54 Å². The molecule has 0 bridgehead atoms. The number of halogens is 3. The van der Waals surface area contributed by atoms with Crippen molar-refractivity contribution in [1.82, 2.24) is 4.90 Å². The highest BCUT2D eigenvalue weighted by molar-refractivity contribution is 6.31. The van der Waals surface area contributed by atoms with Gasteiger partial charge in [0.15, 0.2) is 0 Å². The number of nitrogens with zero attached hydrogens (tertiary/aromatic N) is 1. The van der Waals surface area contributed by atoms with Crippen molar-refractivity contribution >= 4 is 24.0 Å². The lowest BCUT2D eigenvalue weighted by atomic mass is 9.99. The highest BCUT2D eigenvalue weighted by atomic mass is 35.5. The van der Waals surface area contributed by atoms with Crippen LogP contribution in [-0.4, -0.2) is 11.4 Å². The molecule has 2 aromatic rings. The monoisotopic (exact) mass is 311 g/mol. The highest BCUT2D eigenvalue weighted by Crippen LogP contribution is 2.23. The Kier molecular flexibility index (Phi) is 5.03. The predicted molar refractivity (Wildman–Crippen MR) is 82.9 cm³/mol. The van der Waals surface area contributed by atoms with Gasteiger partial charge in [-0.15, -0.1) is 12.4 Å². The Morgan fingerprint density at radius 1 is 1.10 bits per heavy atom. The van der Waals surface area contributed by atoms with Crippen LogP contribution in [-0.2, 0) is 19.5 Å². The topological polar surface area (TPSA) is 3.24 Å². The van der Waals surface area contributed by atoms with Crippen LogP contribution in [0.4, 0.5) is 4.39 Å². The molecule has 4 heteroatoms. The highest BCUT2D eigenvalue weighted by Gasteiger charge is 2.16. The Morgan fingerprint density at radius 3 is 2.60 bits per heavy atom. The minimum Gasteiger partial charge on any atom is -0.294 e. The molecule has 1 heterocycles. The molecule has 0 aromatic heterocycles. The van der Waals surface area contributed by atoms with Crippen molar-refractivity contribution in [3.63, 3.8) is 0 Å². The van der Waals surface area contributed by atoms with Crippen LogP contribution in [0.15, 0.2) is 42.5 Å². The Hall–Kier alpha value is -1.09. The van der Waals surface area contributed by atoms with E-state index in [9.17, 15) is 4.39 Å². The molecule has 0 fully saturated rings. The van der Waals surface area contributed by atoms with Gasteiger partial charge < -0.3 is 0 Å². The van der Waals surface area contributed by atoms with E-state index in [2.05, 4.69) is 29.2 Å². The third-order valence-corrected chi connectivity index (χ3v) is 3.97. The van der Waals surface area contributed by atoms with E-state index in [1.807, 2.05) is 0 Å². The lowest BCUT2D eigenvalue weighted by Crippen LogP contribution is -2.30. The first kappa shape index (κ1) is 15.3. The van der Waals surface area contributed by atoms with Gasteiger partial charge in [0.2, 0.25) is 0 Å². The number of benzene rings is 2. The third kappa shape index (κ3) is 3.32. The first-order chi connectivity index (χ1) is 9.22. The normalized spacial score (nSPS) is 14.5. The molecule has 106 valence electrons. The fraction of sp³-hybridized carbons (Fsp3) is 0.250. The zero-order chi connectivity index (χ0) is 13.2. The third-order valence-electron chi connectivity index (χ3n) is 3.62. The predicted octanol–water partition coefficient (Wildman–Crippen LogP) is 4.46. The van der Waals surface area contributed by atoms with E-state index >= 15 is 0 Å². The van der Waals surface area contributed by atoms with Crippen LogP contribution < -0.4 is 0 Å². The molecule has 0 saturated heterocycles. The quantitative estimate of drug-likeness (QED) is 0.791. The summed E-state index contributed by atoms with van der Waals surface area (Å²) in [6, 6.07) is 13.2. The van der Waals surface area contributed by atoms with Crippen molar-refractivity contribution in [2.24, 2.45) is 0 Å². The molecule has 3 rings (SSSR count). The number of rotatable bonds is 2. The Bertz CT molecular complexity index is 601. The summed E-state index contributed by atoms with van der Waals surface area (Å²) in [5, 5.41) is 0.513. The first-order valence-electron chi connectivity index (χ1n) is 6.45. The maximum atomic E-state index is 13.0. The summed E-state index contributed by atoms with van der Waals surface area (Å²) in [7, 11) is 0. The van der Waals surface area contributed by atoms with Crippen molar-refractivity contribution in [3.05, 3.63) is 70.0 Å². The van der Waals surface area contributed by atoms with Crippen molar-refractivity contribution in [3.8, 4) is 0 Å². The molecule has 1 aliphatic rings. The second-order valence-corrected chi connectivity index (χ2v) is 5.37. The smallest absolute Gasteiger partial charge is 0.124 e. The number of fused-ring (bicyclic) bond motifs is 1. The molecule has 0 N–H and O–H groups in total. The van der Waals surface area contributed by atoms with Crippen molar-refractivity contribution in [1.29, 1.82) is 0 Å². The minimum absolute atomic E-state index is 0. The van der Waals surface area contributed by atoms with Crippen LogP contribution in [0.25, 0.3) is 0 Å². The van der Waals surface area contributed by atoms with Gasteiger partial charge in [0.05, 0.1) is 0 Å². The lowest BCUT2D eigenvalue weighted by Gasteiger charge is -2.29. The average Bonchev–Trinajstić information content (AvgIpc) is 2.42. The maximum Gasteiger partial charge on any atom is 0.124 e. The summed E-state index contributed by atoms with van der Waals surface area (Å²) < 4.78 is 13.0. The number of hydrogen-bond acceptors (Lipinski definition) is 1. The summed E-state index contributed by atoms with van der Waals surface area (Å²) in [4.78, 5) is 2.35. The van der Waals surface area contributed by atoms with Crippen molar-refractivity contribution < 1.29 is 4.39 Å². The molecule has 0 unspecified atom stereocenters. The molecule has 0 aliphatic carbocycles. The van der Waals surface area contributed by atoms with Gasteiger partial charge in [-0.25, -0.2) is 4.39 Å². The molecule has 2 aromatic carbocycles. The molecule has 0 saturated carbocycles. The van der Waals surface area contributed by atoms with Gasteiger partial charge in [0.25, 0.3) is 0 Å². The summed E-state index contributed by atoms with van der Waals surface area (Å²) in [5.74, 6) is -0.280. The standard InChI is InChI=1S/C16H15ClFN.ClH/c17-16-9-15(18)6-5-14(16)11-19-8-7-12-3-1-2-4-13(12)10-19;/h1-6,9H,7-8,10-11H2;1H. The fourth-order valence-corrected chi connectivity index (χ4v) is 2.81. The molecule has 1 nitrogen and oxygen atoms in total. The van der Waals surface area contributed by atoms with Crippen LogP contribution in [0.5, 0.6) is 0 Å². The van der Waals surface area contributed by atoms with Gasteiger partial charge in [0, 0.05) is 24.7 Å². The van der Waals surface area contributed by atoms with E-state index in [1.165, 1.54) is 23.3 Å². The van der Waals surface area contributed by atoms with Crippen LogP contribution in [0.2, 0.25) is 5.02 Å². The van der Waals surface area contributed by atoms with Gasteiger partial charge in [0.1, 0.15) is 5.82 Å². The molecule has 0 atom stereocenters. The fourth-order valence-electron chi connectivity index (χ4n) is 2.58. The van der Waals surface area contributed by atoms with Gasteiger partial charge >= 0.3 is 0 Å². The van der Waals surface area contributed by atoms with Crippen LogP contribution in [0.1, 0.15) is 16.7 Å². The molecule has 1 aliphatic heterocycles. The second-order valence-electron chi connectivity index (χ2n) is 4.97. The summed E-state index contributed by atoms with van der Waals surface area (Å²) in [6.45, 7) is 2.72.